The lowest BCUT2D eigenvalue weighted by molar-refractivity contribution is 0.0600. The van der Waals surface area contributed by atoms with Gasteiger partial charge in [0.25, 0.3) is 5.91 Å². The zero-order valence-corrected chi connectivity index (χ0v) is 20.8. The second-order valence-electron chi connectivity index (χ2n) is 7.88. The van der Waals surface area contributed by atoms with Gasteiger partial charge < -0.3 is 10.1 Å². The van der Waals surface area contributed by atoms with Gasteiger partial charge in [-0.05, 0) is 73.0 Å². The summed E-state index contributed by atoms with van der Waals surface area (Å²) in [7, 11) is -2.26. The van der Waals surface area contributed by atoms with E-state index in [-0.39, 0.29) is 22.8 Å². The highest BCUT2D eigenvalue weighted by atomic mass is 35.5. The summed E-state index contributed by atoms with van der Waals surface area (Å²) < 4.78 is 30.9. The lowest BCUT2D eigenvalue weighted by atomic mass is 10.1. The number of sulfonamides is 1. The summed E-state index contributed by atoms with van der Waals surface area (Å²) in [5, 5.41) is 2.96. The Bertz CT molecular complexity index is 1340. The Hall–Kier alpha value is -3.36. The van der Waals surface area contributed by atoms with Crippen molar-refractivity contribution in [1.82, 2.24) is 0 Å². The predicted molar refractivity (Wildman–Crippen MR) is 134 cm³/mol. The zero-order chi connectivity index (χ0) is 25.0. The molecule has 0 heterocycles. The molecule has 0 saturated carbocycles. The molecule has 0 aliphatic rings. The summed E-state index contributed by atoms with van der Waals surface area (Å²) in [5.74, 6) is -0.972. The fraction of sp³-hybridized carbons (Fsp3) is 0.200. The topological polar surface area (TPSA) is 92.8 Å². The number of nitrogens with one attached hydrogen (secondary N) is 1. The van der Waals surface area contributed by atoms with Crippen molar-refractivity contribution in [3.05, 3.63) is 93.5 Å². The van der Waals surface area contributed by atoms with Gasteiger partial charge in [-0.1, -0.05) is 29.8 Å². The summed E-state index contributed by atoms with van der Waals surface area (Å²) in [5.41, 5.74) is 4.23. The quantitative estimate of drug-likeness (QED) is 0.463. The standard InChI is InChI=1S/C25H25ClN2O5S/c1-16-5-11-21(13-17(16)2)28(34(4,31)32)15-18-6-8-19(9-7-18)24(29)27-23-14-20(25(30)33-3)10-12-22(23)26/h5-14H,15H2,1-4H3,(H,27,29). The number of carbonyl (C=O) groups is 2. The van der Waals surface area contributed by atoms with E-state index in [0.717, 1.165) is 17.4 Å². The molecule has 1 amide bonds. The SMILES string of the molecule is COC(=O)c1ccc(Cl)c(NC(=O)c2ccc(CN(c3ccc(C)c(C)c3)S(C)(=O)=O)cc2)c1. The molecule has 0 radical (unpaired) electrons. The fourth-order valence-electron chi connectivity index (χ4n) is 3.27. The van der Waals surface area contributed by atoms with Gasteiger partial charge in [0.15, 0.2) is 0 Å². The van der Waals surface area contributed by atoms with Crippen LogP contribution in [0.2, 0.25) is 5.02 Å². The van der Waals surface area contributed by atoms with Gasteiger partial charge in [-0.3, -0.25) is 9.10 Å². The van der Waals surface area contributed by atoms with Crippen LogP contribution < -0.4 is 9.62 Å². The molecule has 0 aliphatic heterocycles. The number of ether oxygens (including phenoxy) is 1. The number of aryl methyl sites for hydroxylation is 2. The van der Waals surface area contributed by atoms with Crippen LogP contribution >= 0.6 is 11.6 Å². The molecule has 0 atom stereocenters. The van der Waals surface area contributed by atoms with E-state index in [4.69, 9.17) is 16.3 Å². The van der Waals surface area contributed by atoms with Gasteiger partial charge in [-0.2, -0.15) is 0 Å². The summed E-state index contributed by atoms with van der Waals surface area (Å²) in [4.78, 5) is 24.5. The van der Waals surface area contributed by atoms with Crippen LogP contribution in [0, 0.1) is 13.8 Å². The lowest BCUT2D eigenvalue weighted by Crippen LogP contribution is -2.29. The minimum Gasteiger partial charge on any atom is -0.465 e. The van der Waals surface area contributed by atoms with Crippen molar-refractivity contribution in [3.8, 4) is 0 Å². The molecule has 9 heteroatoms. The molecule has 0 spiro atoms. The van der Waals surface area contributed by atoms with Crippen molar-refractivity contribution in [3.63, 3.8) is 0 Å². The van der Waals surface area contributed by atoms with Gasteiger partial charge in [-0.25, -0.2) is 13.2 Å². The van der Waals surface area contributed by atoms with Crippen molar-refractivity contribution in [1.29, 1.82) is 0 Å². The van der Waals surface area contributed by atoms with E-state index in [1.165, 1.54) is 29.6 Å². The molecule has 0 saturated heterocycles. The summed E-state index contributed by atoms with van der Waals surface area (Å²) in [6.45, 7) is 4.02. The molecule has 7 nitrogen and oxygen atoms in total. The average Bonchev–Trinajstić information content (AvgIpc) is 2.80. The van der Waals surface area contributed by atoms with E-state index in [2.05, 4.69) is 5.32 Å². The molecule has 34 heavy (non-hydrogen) atoms. The lowest BCUT2D eigenvalue weighted by Gasteiger charge is -2.23. The summed E-state index contributed by atoms with van der Waals surface area (Å²) in [6, 6.07) is 16.5. The monoisotopic (exact) mass is 500 g/mol. The Labute approximate surface area is 204 Å². The highest BCUT2D eigenvalue weighted by molar-refractivity contribution is 7.92. The number of methoxy groups -OCH3 is 1. The number of carbonyl (C=O) groups excluding carboxylic acids is 2. The molecule has 0 aromatic heterocycles. The number of hydrogen-bond acceptors (Lipinski definition) is 5. The van der Waals surface area contributed by atoms with E-state index in [0.29, 0.717) is 16.8 Å². The second kappa shape index (κ2) is 10.3. The molecule has 3 rings (SSSR count). The van der Waals surface area contributed by atoms with Crippen molar-refractivity contribution in [2.45, 2.75) is 20.4 Å². The van der Waals surface area contributed by atoms with Crippen molar-refractivity contribution < 1.29 is 22.7 Å². The fourth-order valence-corrected chi connectivity index (χ4v) is 4.31. The Morgan fingerprint density at radius 3 is 2.18 bits per heavy atom. The number of esters is 1. The summed E-state index contributed by atoms with van der Waals surface area (Å²) >= 11 is 6.15. The molecule has 0 aliphatic carbocycles. The Morgan fingerprint density at radius 1 is 0.941 bits per heavy atom. The van der Waals surface area contributed by atoms with E-state index in [9.17, 15) is 18.0 Å². The first kappa shape index (κ1) is 25.3. The number of rotatable bonds is 7. The molecule has 0 bridgehead atoms. The third-order valence-corrected chi connectivity index (χ3v) is 6.83. The van der Waals surface area contributed by atoms with Crippen LogP contribution in [0.25, 0.3) is 0 Å². The number of anilines is 2. The maximum Gasteiger partial charge on any atom is 0.337 e. The summed E-state index contributed by atoms with van der Waals surface area (Å²) in [6.07, 6.45) is 1.16. The first-order valence-corrected chi connectivity index (χ1v) is 12.6. The Balaban J connectivity index is 1.79. The van der Waals surface area contributed by atoms with Crippen molar-refractivity contribution in [2.75, 3.05) is 23.0 Å². The van der Waals surface area contributed by atoms with Gasteiger partial charge in [0, 0.05) is 5.56 Å². The van der Waals surface area contributed by atoms with Gasteiger partial charge in [0.05, 0.1) is 41.9 Å². The minimum atomic E-state index is -3.53. The van der Waals surface area contributed by atoms with Gasteiger partial charge >= 0.3 is 5.97 Å². The molecule has 1 N–H and O–H groups in total. The van der Waals surface area contributed by atoms with E-state index < -0.39 is 21.9 Å². The highest BCUT2D eigenvalue weighted by Gasteiger charge is 2.19. The Morgan fingerprint density at radius 2 is 1.59 bits per heavy atom. The molecule has 0 unspecified atom stereocenters. The van der Waals surface area contributed by atoms with Gasteiger partial charge in [0.1, 0.15) is 0 Å². The number of hydrogen-bond donors (Lipinski definition) is 1. The normalized spacial score (nSPS) is 11.1. The first-order chi connectivity index (χ1) is 16.0. The van der Waals surface area contributed by atoms with Crippen LogP contribution in [-0.2, 0) is 21.3 Å². The molecule has 178 valence electrons. The number of nitrogens with zero attached hydrogens (tertiary/aromatic N) is 1. The first-order valence-electron chi connectivity index (χ1n) is 10.3. The van der Waals surface area contributed by atoms with Gasteiger partial charge in [-0.15, -0.1) is 0 Å². The van der Waals surface area contributed by atoms with E-state index in [1.54, 1.807) is 30.3 Å². The Kier molecular flexibility index (Phi) is 7.64. The molecule has 3 aromatic carbocycles. The number of amides is 1. The predicted octanol–water partition coefficient (Wildman–Crippen LogP) is 4.96. The van der Waals surface area contributed by atoms with Crippen LogP contribution in [0.4, 0.5) is 11.4 Å². The number of halogens is 1. The van der Waals surface area contributed by atoms with Crippen LogP contribution in [0.15, 0.2) is 60.7 Å². The maximum absolute atomic E-state index is 12.7. The van der Waals surface area contributed by atoms with E-state index in [1.807, 2.05) is 26.0 Å². The molecule has 0 fully saturated rings. The smallest absolute Gasteiger partial charge is 0.337 e. The van der Waals surface area contributed by atoms with Crippen LogP contribution in [0.1, 0.15) is 37.4 Å². The van der Waals surface area contributed by atoms with Crippen LogP contribution in [0.5, 0.6) is 0 Å². The molecule has 3 aromatic rings. The van der Waals surface area contributed by atoms with Crippen molar-refractivity contribution in [2.24, 2.45) is 0 Å². The third kappa shape index (κ3) is 5.95. The third-order valence-electron chi connectivity index (χ3n) is 5.36. The maximum atomic E-state index is 12.7. The van der Waals surface area contributed by atoms with E-state index >= 15 is 0 Å². The highest BCUT2D eigenvalue weighted by Crippen LogP contribution is 2.25. The molecular weight excluding hydrogens is 476 g/mol. The van der Waals surface area contributed by atoms with Gasteiger partial charge in [0.2, 0.25) is 10.0 Å². The largest absolute Gasteiger partial charge is 0.465 e. The zero-order valence-electron chi connectivity index (χ0n) is 19.3. The van der Waals surface area contributed by atoms with Crippen LogP contribution in [0.3, 0.4) is 0 Å². The van der Waals surface area contributed by atoms with Crippen molar-refractivity contribution >= 4 is 44.9 Å². The molecular formula is C25H25ClN2O5S. The van der Waals surface area contributed by atoms with Crippen LogP contribution in [-0.4, -0.2) is 33.7 Å². The second-order valence-corrected chi connectivity index (χ2v) is 10.2. The minimum absolute atomic E-state index is 0.121. The number of benzene rings is 3. The average molecular weight is 501 g/mol.